The molecule has 2 rings (SSSR count). The zero-order valence-electron chi connectivity index (χ0n) is 12.1. The molecule has 0 aliphatic rings. The zero-order valence-corrected chi connectivity index (χ0v) is 12.1. The summed E-state index contributed by atoms with van der Waals surface area (Å²) in [7, 11) is 0. The molecular formula is C17H19NO2. The van der Waals surface area contributed by atoms with Crippen molar-refractivity contribution in [1.29, 1.82) is 0 Å². The number of nitrogens with one attached hydrogen (secondary N) is 1. The summed E-state index contributed by atoms with van der Waals surface area (Å²) in [5.41, 5.74) is 4.16. The van der Waals surface area contributed by atoms with E-state index in [1.165, 1.54) is 0 Å². The molecule has 0 fully saturated rings. The summed E-state index contributed by atoms with van der Waals surface area (Å²) < 4.78 is 5.45. The minimum absolute atomic E-state index is 0.0104. The van der Waals surface area contributed by atoms with Crippen molar-refractivity contribution in [3.63, 3.8) is 0 Å². The standard InChI is InChI=1S/C17H19NO2/c1-12-5-8-15(9-6-12)20-11-17(19)18-16-10-13(2)4-7-14(16)3/h4-10H,11H2,1-3H3,(H,18,19). The van der Waals surface area contributed by atoms with Gasteiger partial charge in [0.15, 0.2) is 6.61 Å². The van der Waals surface area contributed by atoms with E-state index in [1.807, 2.05) is 63.2 Å². The Labute approximate surface area is 119 Å². The summed E-state index contributed by atoms with van der Waals surface area (Å²) >= 11 is 0. The molecule has 20 heavy (non-hydrogen) atoms. The maximum atomic E-state index is 11.9. The molecule has 0 aliphatic carbocycles. The summed E-state index contributed by atoms with van der Waals surface area (Å²) in [6.45, 7) is 5.99. The number of benzene rings is 2. The predicted octanol–water partition coefficient (Wildman–Crippen LogP) is 3.63. The minimum Gasteiger partial charge on any atom is -0.484 e. The maximum absolute atomic E-state index is 11.9. The second-order valence-electron chi connectivity index (χ2n) is 4.97. The van der Waals surface area contributed by atoms with Crippen LogP contribution in [0.4, 0.5) is 5.69 Å². The van der Waals surface area contributed by atoms with Gasteiger partial charge >= 0.3 is 0 Å². The van der Waals surface area contributed by atoms with E-state index in [4.69, 9.17) is 4.74 Å². The van der Waals surface area contributed by atoms with Crippen LogP contribution < -0.4 is 10.1 Å². The van der Waals surface area contributed by atoms with Crippen molar-refractivity contribution < 1.29 is 9.53 Å². The van der Waals surface area contributed by atoms with Crippen LogP contribution in [0.5, 0.6) is 5.75 Å². The molecule has 0 saturated carbocycles. The van der Waals surface area contributed by atoms with Crippen LogP contribution in [0.1, 0.15) is 16.7 Å². The Morgan fingerprint density at radius 1 is 1.00 bits per heavy atom. The van der Waals surface area contributed by atoms with E-state index in [2.05, 4.69) is 5.32 Å². The molecule has 0 bridgehead atoms. The normalized spacial score (nSPS) is 10.2. The smallest absolute Gasteiger partial charge is 0.262 e. The van der Waals surface area contributed by atoms with Crippen LogP contribution in [0.15, 0.2) is 42.5 Å². The van der Waals surface area contributed by atoms with Gasteiger partial charge in [0.25, 0.3) is 5.91 Å². The molecule has 1 N–H and O–H groups in total. The molecule has 2 aromatic rings. The van der Waals surface area contributed by atoms with Crippen LogP contribution >= 0.6 is 0 Å². The zero-order chi connectivity index (χ0) is 14.5. The van der Waals surface area contributed by atoms with Gasteiger partial charge in [0, 0.05) is 5.69 Å². The number of carbonyl (C=O) groups excluding carboxylic acids is 1. The molecule has 0 atom stereocenters. The van der Waals surface area contributed by atoms with E-state index in [0.29, 0.717) is 5.75 Å². The Balaban J connectivity index is 1.92. The van der Waals surface area contributed by atoms with E-state index in [-0.39, 0.29) is 12.5 Å². The third kappa shape index (κ3) is 3.85. The summed E-state index contributed by atoms with van der Waals surface area (Å²) in [6, 6.07) is 13.6. The van der Waals surface area contributed by atoms with Gasteiger partial charge in [-0.25, -0.2) is 0 Å². The summed E-state index contributed by atoms with van der Waals surface area (Å²) in [6.07, 6.45) is 0. The topological polar surface area (TPSA) is 38.3 Å². The number of carbonyl (C=O) groups is 1. The van der Waals surface area contributed by atoms with Gasteiger partial charge < -0.3 is 10.1 Å². The molecule has 3 nitrogen and oxygen atoms in total. The number of amides is 1. The fraction of sp³-hybridized carbons (Fsp3) is 0.235. The number of aryl methyl sites for hydroxylation is 3. The molecule has 0 spiro atoms. The lowest BCUT2D eigenvalue weighted by Gasteiger charge is -2.10. The highest BCUT2D eigenvalue weighted by Gasteiger charge is 2.06. The fourth-order valence-corrected chi connectivity index (χ4v) is 1.84. The lowest BCUT2D eigenvalue weighted by molar-refractivity contribution is -0.118. The first-order chi connectivity index (χ1) is 9.54. The van der Waals surface area contributed by atoms with Gasteiger partial charge in [-0.3, -0.25) is 4.79 Å². The molecule has 0 saturated heterocycles. The molecule has 2 aromatic carbocycles. The first kappa shape index (κ1) is 14.1. The molecule has 1 amide bonds. The molecule has 0 heterocycles. The van der Waals surface area contributed by atoms with Crippen molar-refractivity contribution in [1.82, 2.24) is 0 Å². The third-order valence-electron chi connectivity index (χ3n) is 3.06. The maximum Gasteiger partial charge on any atom is 0.262 e. The molecular weight excluding hydrogens is 250 g/mol. The number of rotatable bonds is 4. The van der Waals surface area contributed by atoms with Gasteiger partial charge in [0.05, 0.1) is 0 Å². The van der Waals surface area contributed by atoms with Crippen LogP contribution in [0, 0.1) is 20.8 Å². The quantitative estimate of drug-likeness (QED) is 0.920. The van der Waals surface area contributed by atoms with Gasteiger partial charge in [-0.15, -0.1) is 0 Å². The third-order valence-corrected chi connectivity index (χ3v) is 3.06. The summed E-state index contributed by atoms with van der Waals surface area (Å²) in [5.74, 6) is 0.547. The Kier molecular flexibility index (Phi) is 4.41. The van der Waals surface area contributed by atoms with E-state index in [0.717, 1.165) is 22.4 Å². The lowest BCUT2D eigenvalue weighted by Crippen LogP contribution is -2.20. The summed E-state index contributed by atoms with van der Waals surface area (Å²) in [5, 5.41) is 2.87. The highest BCUT2D eigenvalue weighted by Crippen LogP contribution is 2.16. The lowest BCUT2D eigenvalue weighted by atomic mass is 10.1. The van der Waals surface area contributed by atoms with Crippen LogP contribution in [0.3, 0.4) is 0 Å². The van der Waals surface area contributed by atoms with Crippen molar-refractivity contribution in [2.45, 2.75) is 20.8 Å². The van der Waals surface area contributed by atoms with Crippen molar-refractivity contribution in [3.8, 4) is 5.75 Å². The van der Waals surface area contributed by atoms with Crippen molar-refractivity contribution >= 4 is 11.6 Å². The number of anilines is 1. The van der Waals surface area contributed by atoms with Gasteiger partial charge in [-0.1, -0.05) is 29.8 Å². The average molecular weight is 269 g/mol. The monoisotopic (exact) mass is 269 g/mol. The SMILES string of the molecule is Cc1ccc(OCC(=O)Nc2cc(C)ccc2C)cc1. The van der Waals surface area contributed by atoms with Gasteiger partial charge in [-0.2, -0.15) is 0 Å². The van der Waals surface area contributed by atoms with Crippen LogP contribution in [0.25, 0.3) is 0 Å². The predicted molar refractivity (Wildman–Crippen MR) is 81.2 cm³/mol. The Bertz CT molecular complexity index is 603. The van der Waals surface area contributed by atoms with E-state index in [1.54, 1.807) is 0 Å². The number of hydrogen-bond acceptors (Lipinski definition) is 2. The van der Waals surface area contributed by atoms with Crippen molar-refractivity contribution in [2.24, 2.45) is 0 Å². The van der Waals surface area contributed by atoms with Gasteiger partial charge in [-0.05, 0) is 50.1 Å². The summed E-state index contributed by atoms with van der Waals surface area (Å²) in [4.78, 5) is 11.9. The largest absolute Gasteiger partial charge is 0.484 e. The molecule has 0 radical (unpaired) electrons. The fourth-order valence-electron chi connectivity index (χ4n) is 1.84. The molecule has 104 valence electrons. The number of ether oxygens (including phenoxy) is 1. The van der Waals surface area contributed by atoms with Gasteiger partial charge in [0.2, 0.25) is 0 Å². The molecule has 0 aromatic heterocycles. The Morgan fingerprint density at radius 2 is 1.65 bits per heavy atom. The van der Waals surface area contributed by atoms with Crippen molar-refractivity contribution in [3.05, 3.63) is 59.2 Å². The van der Waals surface area contributed by atoms with E-state index >= 15 is 0 Å². The molecule has 0 aliphatic heterocycles. The first-order valence-corrected chi connectivity index (χ1v) is 6.61. The number of hydrogen-bond donors (Lipinski definition) is 1. The second-order valence-corrected chi connectivity index (χ2v) is 4.97. The van der Waals surface area contributed by atoms with Crippen molar-refractivity contribution in [2.75, 3.05) is 11.9 Å². The Morgan fingerprint density at radius 3 is 2.35 bits per heavy atom. The minimum atomic E-state index is -0.153. The first-order valence-electron chi connectivity index (χ1n) is 6.61. The van der Waals surface area contributed by atoms with Crippen LogP contribution in [0.2, 0.25) is 0 Å². The Hall–Kier alpha value is -2.29. The van der Waals surface area contributed by atoms with Crippen LogP contribution in [-0.4, -0.2) is 12.5 Å². The van der Waals surface area contributed by atoms with Crippen LogP contribution in [-0.2, 0) is 4.79 Å². The highest BCUT2D eigenvalue weighted by molar-refractivity contribution is 5.92. The average Bonchev–Trinajstić information content (AvgIpc) is 2.42. The molecule has 0 unspecified atom stereocenters. The van der Waals surface area contributed by atoms with E-state index in [9.17, 15) is 4.79 Å². The second kappa shape index (κ2) is 6.24. The highest BCUT2D eigenvalue weighted by atomic mass is 16.5. The van der Waals surface area contributed by atoms with Gasteiger partial charge in [0.1, 0.15) is 5.75 Å². The molecule has 3 heteroatoms. The van der Waals surface area contributed by atoms with E-state index < -0.39 is 0 Å².